The standard InChI is InChI=1S/C13H8BrClFN3O/c14-12-11-7(3-4-18-12)10(13(17)20-11)19-6-1-2-9(16)8(15)5-6/h1-5,19H,17H2. The SMILES string of the molecule is Nc1oc2c(Br)nccc2c1Nc1ccc(F)c(Cl)c1. The third-order valence-electron chi connectivity index (χ3n) is 2.78. The fourth-order valence-corrected chi connectivity index (χ4v) is 2.45. The zero-order valence-electron chi connectivity index (χ0n) is 9.95. The zero-order valence-corrected chi connectivity index (χ0v) is 12.3. The highest BCUT2D eigenvalue weighted by molar-refractivity contribution is 9.10. The normalized spacial score (nSPS) is 10.9. The van der Waals surface area contributed by atoms with Crippen LogP contribution in [0.5, 0.6) is 0 Å². The summed E-state index contributed by atoms with van der Waals surface area (Å²) in [4.78, 5) is 4.06. The van der Waals surface area contributed by atoms with Gasteiger partial charge >= 0.3 is 0 Å². The highest BCUT2D eigenvalue weighted by atomic mass is 79.9. The number of fused-ring (bicyclic) bond motifs is 1. The van der Waals surface area contributed by atoms with Crippen LogP contribution in [0.4, 0.5) is 21.6 Å². The van der Waals surface area contributed by atoms with E-state index in [2.05, 4.69) is 26.2 Å². The summed E-state index contributed by atoms with van der Waals surface area (Å²) in [7, 11) is 0. The Morgan fingerprint density at radius 2 is 2.15 bits per heavy atom. The number of anilines is 3. The molecule has 0 atom stereocenters. The third kappa shape index (κ3) is 2.21. The van der Waals surface area contributed by atoms with Gasteiger partial charge < -0.3 is 15.5 Å². The van der Waals surface area contributed by atoms with Crippen molar-refractivity contribution in [2.24, 2.45) is 0 Å². The molecular weight excluding hydrogens is 349 g/mol. The smallest absolute Gasteiger partial charge is 0.215 e. The second-order valence-corrected chi connectivity index (χ2v) is 5.23. The average molecular weight is 357 g/mol. The van der Waals surface area contributed by atoms with Crippen molar-refractivity contribution in [1.82, 2.24) is 4.98 Å². The summed E-state index contributed by atoms with van der Waals surface area (Å²) in [5, 5.41) is 3.87. The fraction of sp³-hybridized carbons (Fsp3) is 0. The maximum Gasteiger partial charge on any atom is 0.215 e. The van der Waals surface area contributed by atoms with Gasteiger partial charge in [-0.25, -0.2) is 9.37 Å². The molecule has 0 bridgehead atoms. The summed E-state index contributed by atoms with van der Waals surface area (Å²) in [5.74, 6) is -0.261. The number of benzene rings is 1. The maximum absolute atomic E-state index is 13.1. The summed E-state index contributed by atoms with van der Waals surface area (Å²) < 4.78 is 19.2. The number of nitrogens with one attached hydrogen (secondary N) is 1. The monoisotopic (exact) mass is 355 g/mol. The lowest BCUT2D eigenvalue weighted by Gasteiger charge is -2.06. The van der Waals surface area contributed by atoms with Crippen LogP contribution in [0.15, 0.2) is 39.5 Å². The van der Waals surface area contributed by atoms with Crippen molar-refractivity contribution >= 4 is 55.8 Å². The summed E-state index contributed by atoms with van der Waals surface area (Å²) in [6, 6.07) is 6.09. The van der Waals surface area contributed by atoms with Crippen LogP contribution in [0, 0.1) is 5.82 Å². The van der Waals surface area contributed by atoms with Crippen LogP contribution >= 0.6 is 27.5 Å². The molecule has 0 fully saturated rings. The number of nitrogen functional groups attached to an aromatic ring is 1. The lowest BCUT2D eigenvalue weighted by molar-refractivity contribution is 0.628. The molecule has 0 amide bonds. The van der Waals surface area contributed by atoms with E-state index in [1.54, 1.807) is 18.3 Å². The first-order valence-corrected chi connectivity index (χ1v) is 6.78. The molecule has 0 unspecified atom stereocenters. The molecule has 2 aromatic heterocycles. The van der Waals surface area contributed by atoms with E-state index in [1.165, 1.54) is 12.1 Å². The van der Waals surface area contributed by atoms with E-state index < -0.39 is 5.82 Å². The molecule has 2 heterocycles. The molecule has 0 aliphatic rings. The van der Waals surface area contributed by atoms with Gasteiger partial charge in [-0.1, -0.05) is 11.6 Å². The van der Waals surface area contributed by atoms with Crippen molar-refractivity contribution in [2.75, 3.05) is 11.1 Å². The van der Waals surface area contributed by atoms with E-state index in [4.69, 9.17) is 21.8 Å². The number of aromatic nitrogens is 1. The molecule has 0 aliphatic heterocycles. The van der Waals surface area contributed by atoms with Gasteiger partial charge in [-0.15, -0.1) is 0 Å². The van der Waals surface area contributed by atoms with Gasteiger partial charge in [0.25, 0.3) is 0 Å². The number of nitrogens with zero attached hydrogens (tertiary/aromatic N) is 1. The van der Waals surface area contributed by atoms with Crippen molar-refractivity contribution in [3.8, 4) is 0 Å². The molecule has 0 saturated heterocycles. The quantitative estimate of drug-likeness (QED) is 0.653. The summed E-state index contributed by atoms with van der Waals surface area (Å²) in [5.41, 5.74) is 7.59. The molecule has 3 rings (SSSR count). The Bertz CT molecular complexity index is 806. The predicted molar refractivity (Wildman–Crippen MR) is 80.8 cm³/mol. The molecule has 0 radical (unpaired) electrons. The van der Waals surface area contributed by atoms with E-state index in [1.807, 2.05) is 0 Å². The zero-order chi connectivity index (χ0) is 14.3. The van der Waals surface area contributed by atoms with Crippen molar-refractivity contribution in [3.63, 3.8) is 0 Å². The van der Waals surface area contributed by atoms with Gasteiger partial charge in [-0.3, -0.25) is 0 Å². The molecule has 0 saturated carbocycles. The summed E-state index contributed by atoms with van der Waals surface area (Å²) in [6.45, 7) is 0. The van der Waals surface area contributed by atoms with Gasteiger partial charge in [-0.05, 0) is 40.2 Å². The van der Waals surface area contributed by atoms with Crippen LogP contribution in [0.3, 0.4) is 0 Å². The minimum Gasteiger partial charge on any atom is -0.436 e. The number of hydrogen-bond acceptors (Lipinski definition) is 4. The number of hydrogen-bond donors (Lipinski definition) is 2. The molecule has 3 N–H and O–H groups in total. The Hall–Kier alpha value is -1.79. The second-order valence-electron chi connectivity index (χ2n) is 4.07. The van der Waals surface area contributed by atoms with Gasteiger partial charge in [0.1, 0.15) is 16.1 Å². The molecular formula is C13H8BrClFN3O. The van der Waals surface area contributed by atoms with Crippen LogP contribution in [0.1, 0.15) is 0 Å². The Morgan fingerprint density at radius 1 is 1.35 bits per heavy atom. The van der Waals surface area contributed by atoms with Crippen molar-refractivity contribution in [3.05, 3.63) is 45.9 Å². The molecule has 4 nitrogen and oxygen atoms in total. The number of rotatable bonds is 2. The van der Waals surface area contributed by atoms with Crippen LogP contribution in [-0.4, -0.2) is 4.98 Å². The van der Waals surface area contributed by atoms with Crippen molar-refractivity contribution in [2.45, 2.75) is 0 Å². The van der Waals surface area contributed by atoms with Crippen molar-refractivity contribution < 1.29 is 8.81 Å². The Kier molecular flexibility index (Phi) is 3.27. The molecule has 20 heavy (non-hydrogen) atoms. The lowest BCUT2D eigenvalue weighted by atomic mass is 10.2. The first kappa shape index (κ1) is 13.2. The molecule has 7 heteroatoms. The molecule has 1 aromatic carbocycles. The largest absolute Gasteiger partial charge is 0.436 e. The van der Waals surface area contributed by atoms with E-state index in [0.29, 0.717) is 21.6 Å². The van der Waals surface area contributed by atoms with E-state index >= 15 is 0 Å². The maximum atomic E-state index is 13.1. The lowest BCUT2D eigenvalue weighted by Crippen LogP contribution is -1.94. The van der Waals surface area contributed by atoms with Gasteiger partial charge in [0.15, 0.2) is 5.58 Å². The van der Waals surface area contributed by atoms with Gasteiger partial charge in [0.05, 0.1) is 10.4 Å². The predicted octanol–water partition coefficient (Wildman–Crippen LogP) is 4.71. The topological polar surface area (TPSA) is 64.1 Å². The van der Waals surface area contributed by atoms with E-state index in [9.17, 15) is 4.39 Å². The minimum absolute atomic E-state index is 0.0317. The van der Waals surface area contributed by atoms with Crippen LogP contribution in [-0.2, 0) is 0 Å². The van der Waals surface area contributed by atoms with Gasteiger partial charge in [0.2, 0.25) is 5.88 Å². The Labute approximate surface area is 126 Å². The van der Waals surface area contributed by atoms with Crippen LogP contribution in [0.2, 0.25) is 5.02 Å². The van der Waals surface area contributed by atoms with E-state index in [0.717, 1.165) is 5.39 Å². The molecule has 0 aliphatic carbocycles. The highest BCUT2D eigenvalue weighted by Gasteiger charge is 2.15. The van der Waals surface area contributed by atoms with Crippen molar-refractivity contribution in [1.29, 1.82) is 0 Å². The Morgan fingerprint density at radius 3 is 2.90 bits per heavy atom. The fourth-order valence-electron chi connectivity index (χ4n) is 1.86. The van der Waals surface area contributed by atoms with Gasteiger partial charge in [0, 0.05) is 11.9 Å². The third-order valence-corrected chi connectivity index (χ3v) is 3.63. The van der Waals surface area contributed by atoms with Crippen LogP contribution < -0.4 is 11.1 Å². The molecule has 0 spiro atoms. The number of pyridine rings is 1. The first-order valence-electron chi connectivity index (χ1n) is 5.61. The second kappa shape index (κ2) is 4.96. The number of nitrogens with two attached hydrogens (primary N) is 1. The average Bonchev–Trinajstić information content (AvgIpc) is 2.73. The van der Waals surface area contributed by atoms with E-state index in [-0.39, 0.29) is 10.9 Å². The first-order chi connectivity index (χ1) is 9.56. The van der Waals surface area contributed by atoms with Crippen LogP contribution in [0.25, 0.3) is 11.0 Å². The number of furan rings is 1. The summed E-state index contributed by atoms with van der Waals surface area (Å²) >= 11 is 9.04. The molecule has 3 aromatic rings. The summed E-state index contributed by atoms with van der Waals surface area (Å²) in [6.07, 6.45) is 1.63. The van der Waals surface area contributed by atoms with Gasteiger partial charge in [-0.2, -0.15) is 0 Å². The molecule has 102 valence electrons. The highest BCUT2D eigenvalue weighted by Crippen LogP contribution is 2.37. The number of halogens is 3. The minimum atomic E-state index is -0.478. The Balaban J connectivity index is 2.08.